The lowest BCUT2D eigenvalue weighted by atomic mass is 9.74. The summed E-state index contributed by atoms with van der Waals surface area (Å²) in [5.74, 6) is 0. The van der Waals surface area contributed by atoms with Gasteiger partial charge in [-0.1, -0.05) is 0 Å². The van der Waals surface area contributed by atoms with Crippen LogP contribution in [0.4, 0.5) is 0 Å². The Morgan fingerprint density at radius 2 is 2.15 bits per heavy atom. The van der Waals surface area contributed by atoms with Crippen LogP contribution in [-0.2, 0) is 4.74 Å². The Bertz CT molecular complexity index is 174. The highest BCUT2D eigenvalue weighted by Gasteiger charge is 2.46. The topological polar surface area (TPSA) is 47.3 Å². The molecule has 2 rings (SSSR count). The van der Waals surface area contributed by atoms with Gasteiger partial charge in [0.2, 0.25) is 0 Å². The van der Waals surface area contributed by atoms with Crippen molar-refractivity contribution in [3.8, 4) is 0 Å². The van der Waals surface area contributed by atoms with Gasteiger partial charge in [-0.3, -0.25) is 0 Å². The average Bonchev–Trinajstić information content (AvgIpc) is 2.84. The molecule has 2 saturated carbocycles. The summed E-state index contributed by atoms with van der Waals surface area (Å²) >= 11 is 0. The van der Waals surface area contributed by atoms with E-state index in [9.17, 15) is 0 Å². The Hall–Kier alpha value is -0.120. The van der Waals surface area contributed by atoms with Crippen LogP contribution in [0, 0.1) is 0 Å². The molecule has 2 aliphatic carbocycles. The minimum atomic E-state index is 0.223. The molecule has 0 spiro atoms. The maximum Gasteiger partial charge on any atom is 0.0611 e. The SMILES string of the molecule is CCOC1CC(CN)(NC2CC2)C1. The minimum Gasteiger partial charge on any atom is -0.378 e. The van der Waals surface area contributed by atoms with E-state index in [1.54, 1.807) is 0 Å². The first-order valence-corrected chi connectivity index (χ1v) is 5.37. The molecule has 0 aromatic carbocycles. The molecule has 76 valence electrons. The highest BCUT2D eigenvalue weighted by atomic mass is 16.5. The van der Waals surface area contributed by atoms with Gasteiger partial charge >= 0.3 is 0 Å². The highest BCUT2D eigenvalue weighted by Crippen LogP contribution is 2.36. The van der Waals surface area contributed by atoms with E-state index in [0.29, 0.717) is 6.10 Å². The molecule has 2 fully saturated rings. The summed E-state index contributed by atoms with van der Waals surface area (Å²) in [6, 6.07) is 0.756. The molecule has 0 unspecified atom stereocenters. The molecule has 0 heterocycles. The second kappa shape index (κ2) is 3.56. The normalized spacial score (nSPS) is 38.8. The fourth-order valence-electron chi connectivity index (χ4n) is 2.17. The van der Waals surface area contributed by atoms with E-state index >= 15 is 0 Å². The van der Waals surface area contributed by atoms with Crippen molar-refractivity contribution in [1.82, 2.24) is 5.32 Å². The first-order valence-electron chi connectivity index (χ1n) is 5.37. The number of ether oxygens (including phenoxy) is 1. The zero-order valence-corrected chi connectivity index (χ0v) is 8.38. The zero-order valence-electron chi connectivity index (χ0n) is 8.38. The van der Waals surface area contributed by atoms with E-state index in [1.807, 2.05) is 0 Å². The van der Waals surface area contributed by atoms with Gasteiger partial charge in [0.15, 0.2) is 0 Å². The standard InChI is InChI=1S/C10H20N2O/c1-2-13-9-5-10(6-9,7-11)12-8-3-4-8/h8-9,12H,2-7,11H2,1H3. The molecule has 0 aromatic heterocycles. The van der Waals surface area contributed by atoms with Gasteiger partial charge in [0.1, 0.15) is 0 Å². The summed E-state index contributed by atoms with van der Waals surface area (Å²) in [5.41, 5.74) is 6.01. The molecule has 0 aromatic rings. The maximum atomic E-state index is 5.79. The molecule has 3 nitrogen and oxygen atoms in total. The van der Waals surface area contributed by atoms with Gasteiger partial charge in [0.25, 0.3) is 0 Å². The molecule has 0 amide bonds. The fourth-order valence-corrected chi connectivity index (χ4v) is 2.17. The Morgan fingerprint density at radius 1 is 1.46 bits per heavy atom. The summed E-state index contributed by atoms with van der Waals surface area (Å²) in [6.07, 6.45) is 5.34. The molecule has 0 atom stereocenters. The predicted octanol–water partition coefficient (Wildman–Crippen LogP) is 0.635. The predicted molar refractivity (Wildman–Crippen MR) is 52.6 cm³/mol. The number of nitrogens with two attached hydrogens (primary N) is 1. The largest absolute Gasteiger partial charge is 0.378 e. The van der Waals surface area contributed by atoms with Crippen LogP contribution in [0.25, 0.3) is 0 Å². The van der Waals surface area contributed by atoms with E-state index in [-0.39, 0.29) is 5.54 Å². The molecule has 3 N–H and O–H groups in total. The summed E-state index contributed by atoms with van der Waals surface area (Å²) in [6.45, 7) is 3.64. The third-order valence-corrected chi connectivity index (χ3v) is 3.12. The lowest BCUT2D eigenvalue weighted by Crippen LogP contribution is -2.63. The van der Waals surface area contributed by atoms with E-state index < -0.39 is 0 Å². The van der Waals surface area contributed by atoms with Crippen LogP contribution in [-0.4, -0.2) is 30.8 Å². The van der Waals surface area contributed by atoms with Crippen molar-refractivity contribution in [3.05, 3.63) is 0 Å². The minimum absolute atomic E-state index is 0.223. The van der Waals surface area contributed by atoms with Crippen LogP contribution in [0.3, 0.4) is 0 Å². The second-order valence-electron chi connectivity index (χ2n) is 4.39. The van der Waals surface area contributed by atoms with Crippen molar-refractivity contribution in [2.24, 2.45) is 5.73 Å². The van der Waals surface area contributed by atoms with Crippen molar-refractivity contribution in [2.75, 3.05) is 13.2 Å². The third-order valence-electron chi connectivity index (χ3n) is 3.12. The van der Waals surface area contributed by atoms with Crippen molar-refractivity contribution >= 4 is 0 Å². The molecule has 0 saturated heterocycles. The average molecular weight is 184 g/mol. The maximum absolute atomic E-state index is 5.79. The summed E-state index contributed by atoms with van der Waals surface area (Å²) < 4.78 is 5.54. The lowest BCUT2D eigenvalue weighted by Gasteiger charge is -2.47. The van der Waals surface area contributed by atoms with Crippen LogP contribution < -0.4 is 11.1 Å². The van der Waals surface area contributed by atoms with E-state index in [2.05, 4.69) is 12.2 Å². The Labute approximate surface area is 80.0 Å². The Morgan fingerprint density at radius 3 is 2.62 bits per heavy atom. The highest BCUT2D eigenvalue weighted by molar-refractivity contribution is 5.06. The first kappa shape index (κ1) is 9.44. The van der Waals surface area contributed by atoms with Gasteiger partial charge < -0.3 is 15.8 Å². The van der Waals surface area contributed by atoms with E-state index in [1.165, 1.54) is 12.8 Å². The lowest BCUT2D eigenvalue weighted by molar-refractivity contribution is -0.0481. The number of hydrogen-bond donors (Lipinski definition) is 2. The number of nitrogens with one attached hydrogen (secondary N) is 1. The number of hydrogen-bond acceptors (Lipinski definition) is 3. The van der Waals surface area contributed by atoms with Crippen molar-refractivity contribution in [2.45, 2.75) is 50.3 Å². The van der Waals surface area contributed by atoms with Crippen LogP contribution in [0.15, 0.2) is 0 Å². The molecule has 0 bridgehead atoms. The van der Waals surface area contributed by atoms with Crippen LogP contribution in [0.5, 0.6) is 0 Å². The van der Waals surface area contributed by atoms with Crippen LogP contribution in [0.2, 0.25) is 0 Å². The van der Waals surface area contributed by atoms with Crippen LogP contribution >= 0.6 is 0 Å². The first-order chi connectivity index (χ1) is 6.28. The van der Waals surface area contributed by atoms with Crippen molar-refractivity contribution in [3.63, 3.8) is 0 Å². The summed E-state index contributed by atoms with van der Waals surface area (Å²) in [7, 11) is 0. The smallest absolute Gasteiger partial charge is 0.0611 e. The number of rotatable bonds is 5. The molecule has 0 radical (unpaired) electrons. The molecular formula is C10H20N2O. The van der Waals surface area contributed by atoms with Crippen molar-refractivity contribution in [1.29, 1.82) is 0 Å². The Kier molecular flexibility index (Phi) is 2.58. The Balaban J connectivity index is 1.76. The summed E-state index contributed by atoms with van der Waals surface area (Å²) in [4.78, 5) is 0. The van der Waals surface area contributed by atoms with E-state index in [0.717, 1.165) is 32.0 Å². The second-order valence-corrected chi connectivity index (χ2v) is 4.39. The molecule has 2 aliphatic rings. The van der Waals surface area contributed by atoms with Gasteiger partial charge in [0, 0.05) is 24.7 Å². The quantitative estimate of drug-likeness (QED) is 0.659. The van der Waals surface area contributed by atoms with Gasteiger partial charge in [0.05, 0.1) is 6.10 Å². The van der Waals surface area contributed by atoms with Gasteiger partial charge in [-0.25, -0.2) is 0 Å². The fraction of sp³-hybridized carbons (Fsp3) is 1.00. The zero-order chi connectivity index (χ0) is 9.31. The molecule has 13 heavy (non-hydrogen) atoms. The van der Waals surface area contributed by atoms with Gasteiger partial charge in [-0.05, 0) is 32.6 Å². The van der Waals surface area contributed by atoms with E-state index in [4.69, 9.17) is 10.5 Å². The van der Waals surface area contributed by atoms with Crippen molar-refractivity contribution < 1.29 is 4.74 Å². The molecular weight excluding hydrogens is 164 g/mol. The molecule has 0 aliphatic heterocycles. The van der Waals surface area contributed by atoms with Gasteiger partial charge in [-0.2, -0.15) is 0 Å². The molecule has 3 heteroatoms. The summed E-state index contributed by atoms with van der Waals surface area (Å²) in [5, 5.41) is 3.64. The monoisotopic (exact) mass is 184 g/mol. The van der Waals surface area contributed by atoms with Gasteiger partial charge in [-0.15, -0.1) is 0 Å². The third kappa shape index (κ3) is 2.03. The van der Waals surface area contributed by atoms with Crippen LogP contribution in [0.1, 0.15) is 32.6 Å².